The first kappa shape index (κ1) is 22.3. The van der Waals surface area contributed by atoms with Gasteiger partial charge in [-0.3, -0.25) is 4.98 Å². The summed E-state index contributed by atoms with van der Waals surface area (Å²) in [6.07, 6.45) is 11.3. The first-order valence-corrected chi connectivity index (χ1v) is 12.0. The number of nitrogens with one attached hydrogen (secondary N) is 1. The van der Waals surface area contributed by atoms with E-state index in [1.165, 1.54) is 0 Å². The van der Waals surface area contributed by atoms with E-state index in [4.69, 9.17) is 31.8 Å². The van der Waals surface area contributed by atoms with E-state index in [1.807, 2.05) is 0 Å². The van der Waals surface area contributed by atoms with E-state index in [-0.39, 0.29) is 36.7 Å². The van der Waals surface area contributed by atoms with Crippen molar-refractivity contribution in [3.63, 3.8) is 0 Å². The van der Waals surface area contributed by atoms with E-state index in [2.05, 4.69) is 20.6 Å². The molecule has 10 nitrogen and oxygen atoms in total. The lowest BCUT2D eigenvalue weighted by atomic mass is 10.1. The number of urea groups is 1. The van der Waals surface area contributed by atoms with Gasteiger partial charge in [0.1, 0.15) is 24.2 Å². The minimum Gasteiger partial charge on any atom is -0.474 e. The first-order valence-electron chi connectivity index (χ1n) is 10.5. The summed E-state index contributed by atoms with van der Waals surface area (Å²) >= 11 is 0. The maximum absolute atomic E-state index is 13.1. The summed E-state index contributed by atoms with van der Waals surface area (Å²) in [5, 5.41) is 8.74. The van der Waals surface area contributed by atoms with Crippen molar-refractivity contribution in [3.8, 4) is 12.3 Å². The monoisotopic (exact) mass is 458 g/mol. The van der Waals surface area contributed by atoms with Crippen molar-refractivity contribution >= 4 is 27.5 Å². The van der Waals surface area contributed by atoms with Crippen molar-refractivity contribution in [2.45, 2.75) is 44.6 Å². The van der Waals surface area contributed by atoms with Gasteiger partial charge in [-0.05, 0) is 49.7 Å². The second-order valence-electron chi connectivity index (χ2n) is 7.76. The molecule has 0 bridgehead atoms. The largest absolute Gasteiger partial charge is 0.474 e. The molecule has 0 saturated carbocycles. The minimum atomic E-state index is -3.70. The second kappa shape index (κ2) is 9.28. The summed E-state index contributed by atoms with van der Waals surface area (Å²) in [7, 11) is -3.70. The number of pyridine rings is 1. The highest BCUT2D eigenvalue weighted by Crippen LogP contribution is 2.36. The van der Waals surface area contributed by atoms with Crippen LogP contribution in [0.25, 0.3) is 0 Å². The molecule has 2 atom stereocenters. The minimum absolute atomic E-state index is 0.0252. The van der Waals surface area contributed by atoms with Crippen LogP contribution in [-0.4, -0.2) is 47.0 Å². The highest BCUT2D eigenvalue weighted by atomic mass is 32.2. The first-order chi connectivity index (χ1) is 15.4. The van der Waals surface area contributed by atoms with Gasteiger partial charge in [-0.2, -0.15) is 0 Å². The molecule has 11 heteroatoms. The summed E-state index contributed by atoms with van der Waals surface area (Å²) in [5.74, 6) is 2.34. The summed E-state index contributed by atoms with van der Waals surface area (Å²) in [6.45, 7) is 0.490. The molecule has 2 heterocycles. The van der Waals surface area contributed by atoms with Crippen molar-refractivity contribution in [2.75, 3.05) is 25.1 Å². The fraction of sp³-hybridized carbons (Fsp3) is 0.476. The van der Waals surface area contributed by atoms with Gasteiger partial charge in [0.05, 0.1) is 12.2 Å². The molecule has 0 spiro atoms. The quantitative estimate of drug-likeness (QED) is 0.563. The average Bonchev–Trinajstić information content (AvgIpc) is 3.42. The van der Waals surface area contributed by atoms with Gasteiger partial charge in [0.2, 0.25) is 5.90 Å². The van der Waals surface area contributed by atoms with E-state index < -0.39 is 15.9 Å². The summed E-state index contributed by atoms with van der Waals surface area (Å²) in [6, 6.07) is -0.808. The Morgan fingerprint density at radius 2 is 2.00 bits per heavy atom. The number of carbonyl (C=O) groups excluding carboxylic acids is 1. The molecule has 4 rings (SSSR count). The normalized spacial score (nSPS) is 21.4. The molecule has 1 aromatic heterocycles. The number of hydrogen-bond donors (Lipinski definition) is 3. The molecule has 0 radical (unpaired) electrons. The predicted octanol–water partition coefficient (Wildman–Crippen LogP) is 1.18. The number of aryl methyl sites for hydroxylation is 2. The highest BCUT2D eigenvalue weighted by molar-refractivity contribution is 7.96. The molecule has 2 unspecified atom stereocenters. The Labute approximate surface area is 187 Å². The van der Waals surface area contributed by atoms with Crippen LogP contribution in [0.4, 0.5) is 10.5 Å². The molecule has 5 N–H and O–H groups in total. The fourth-order valence-electron chi connectivity index (χ4n) is 4.20. The Morgan fingerprint density at radius 1 is 1.31 bits per heavy atom. The Hall–Kier alpha value is -2.94. The lowest BCUT2D eigenvalue weighted by molar-refractivity contribution is 0.0332. The van der Waals surface area contributed by atoms with Crippen LogP contribution >= 0.6 is 0 Å². The van der Waals surface area contributed by atoms with Gasteiger partial charge >= 0.3 is 6.03 Å². The molecule has 1 aromatic rings. The van der Waals surface area contributed by atoms with Crippen molar-refractivity contribution in [3.05, 3.63) is 33.6 Å². The maximum atomic E-state index is 13.1. The van der Waals surface area contributed by atoms with Crippen molar-refractivity contribution in [1.82, 2.24) is 4.98 Å². The van der Waals surface area contributed by atoms with E-state index in [0.29, 0.717) is 0 Å². The number of aromatic nitrogens is 1. The third-order valence-electron chi connectivity index (χ3n) is 5.63. The molecule has 0 fully saturated rings. The van der Waals surface area contributed by atoms with E-state index >= 15 is 0 Å². The van der Waals surface area contributed by atoms with Crippen LogP contribution in [0.15, 0.2) is 20.5 Å². The third-order valence-corrected chi connectivity index (χ3v) is 7.00. The molecule has 0 aromatic carbocycles. The molecule has 2 aliphatic carbocycles. The molecular weight excluding hydrogens is 432 g/mol. The zero-order valence-corrected chi connectivity index (χ0v) is 18.5. The fourth-order valence-corrected chi connectivity index (χ4v) is 5.16. The van der Waals surface area contributed by atoms with E-state index in [0.717, 1.165) is 72.9 Å². The highest BCUT2D eigenvalue weighted by Gasteiger charge is 2.28. The molecule has 32 heavy (non-hydrogen) atoms. The van der Waals surface area contributed by atoms with Gasteiger partial charge in [-0.1, -0.05) is 5.92 Å². The number of terminal acetylenes is 1. The van der Waals surface area contributed by atoms with Crippen LogP contribution in [0.3, 0.4) is 0 Å². The van der Waals surface area contributed by atoms with Gasteiger partial charge in [-0.15, -0.1) is 10.8 Å². The van der Waals surface area contributed by atoms with Crippen LogP contribution in [0.5, 0.6) is 0 Å². The zero-order valence-electron chi connectivity index (χ0n) is 17.6. The number of nitrogens with zero attached hydrogens (tertiary/aromatic N) is 3. The van der Waals surface area contributed by atoms with Gasteiger partial charge in [0.25, 0.3) is 0 Å². The number of fused-ring (bicyclic) bond motifs is 2. The number of nitrogens with two attached hydrogens (primary N) is 2. The standard InChI is InChI=1S/C21H26N6O4S/c1-2-9-30-13-11-24-20(31-12-13)18(10-22)32(23,29)27-21(28)26-19-14-5-3-7-16(14)25-17-8-4-6-15(17)19/h1,10,13H,3-9,11-12,22H2,(H3,23,25,26,27,28,29)/b18-10+. The number of carbonyl (C=O) groups is 1. The smallest absolute Gasteiger partial charge is 0.354 e. The Balaban J connectivity index is 1.55. The van der Waals surface area contributed by atoms with Crippen LogP contribution in [-0.2, 0) is 45.1 Å². The van der Waals surface area contributed by atoms with Gasteiger partial charge in [0, 0.05) is 17.6 Å². The Morgan fingerprint density at radius 3 is 2.56 bits per heavy atom. The van der Waals surface area contributed by atoms with Crippen molar-refractivity contribution in [1.29, 1.82) is 0 Å². The lowest BCUT2D eigenvalue weighted by Crippen LogP contribution is -2.34. The Kier molecular flexibility index (Phi) is 6.45. The van der Waals surface area contributed by atoms with E-state index in [9.17, 15) is 9.00 Å². The summed E-state index contributed by atoms with van der Waals surface area (Å²) in [4.78, 5) is 21.6. The SMILES string of the molecule is C#CCOC1CN=C(/C(=C\N)S(N)(=O)=NC(=O)Nc2c3c(nc4c2CCC4)CCC3)OC1. The third kappa shape index (κ3) is 4.48. The number of aliphatic imine (C=N–C) groups is 1. The van der Waals surface area contributed by atoms with Crippen LogP contribution < -0.4 is 16.2 Å². The van der Waals surface area contributed by atoms with Crippen molar-refractivity contribution in [2.24, 2.45) is 20.2 Å². The number of amides is 2. The van der Waals surface area contributed by atoms with Gasteiger partial charge in [0.15, 0.2) is 9.92 Å². The van der Waals surface area contributed by atoms with Gasteiger partial charge in [-0.25, -0.2) is 19.1 Å². The zero-order chi connectivity index (χ0) is 22.7. The lowest BCUT2D eigenvalue weighted by Gasteiger charge is -2.22. The van der Waals surface area contributed by atoms with Crippen LogP contribution in [0.2, 0.25) is 0 Å². The predicted molar refractivity (Wildman–Crippen MR) is 121 cm³/mol. The molecule has 170 valence electrons. The molecular formula is C21H26N6O4S. The van der Waals surface area contributed by atoms with E-state index in [1.54, 1.807) is 0 Å². The number of hydrogen-bond acceptors (Lipinski definition) is 7. The average molecular weight is 459 g/mol. The second-order valence-corrected chi connectivity index (χ2v) is 9.52. The van der Waals surface area contributed by atoms with Crippen molar-refractivity contribution < 1.29 is 18.5 Å². The number of ether oxygens (including phenoxy) is 2. The van der Waals surface area contributed by atoms with Crippen LogP contribution in [0.1, 0.15) is 35.4 Å². The molecule has 1 aliphatic heterocycles. The number of rotatable bonds is 5. The topological polar surface area (TPSA) is 154 Å². The van der Waals surface area contributed by atoms with Crippen LogP contribution in [0, 0.1) is 12.3 Å². The number of anilines is 1. The molecule has 3 aliphatic rings. The van der Waals surface area contributed by atoms with Gasteiger partial charge < -0.3 is 20.5 Å². The summed E-state index contributed by atoms with van der Waals surface area (Å²) < 4.78 is 27.7. The molecule has 2 amide bonds. The summed E-state index contributed by atoms with van der Waals surface area (Å²) in [5.41, 5.74) is 10.5. The maximum Gasteiger partial charge on any atom is 0.354 e. The molecule has 0 saturated heterocycles. The Bertz CT molecular complexity index is 1130.